The van der Waals surface area contributed by atoms with Gasteiger partial charge in [-0.25, -0.2) is 5.01 Å². The van der Waals surface area contributed by atoms with E-state index in [9.17, 15) is 9.59 Å². The first-order valence-corrected chi connectivity index (χ1v) is 9.07. The van der Waals surface area contributed by atoms with E-state index < -0.39 is 0 Å². The van der Waals surface area contributed by atoms with Gasteiger partial charge in [0.1, 0.15) is 0 Å². The van der Waals surface area contributed by atoms with Crippen molar-refractivity contribution < 1.29 is 19.1 Å². The molecule has 3 heterocycles. The molecule has 26 heavy (non-hydrogen) atoms. The van der Waals surface area contributed by atoms with E-state index in [1.807, 2.05) is 35.7 Å². The van der Waals surface area contributed by atoms with Crippen molar-refractivity contribution in [3.8, 4) is 11.5 Å². The van der Waals surface area contributed by atoms with E-state index in [1.54, 1.807) is 11.3 Å². The Labute approximate surface area is 154 Å². The van der Waals surface area contributed by atoms with Gasteiger partial charge in [-0.3, -0.25) is 9.59 Å². The van der Waals surface area contributed by atoms with Gasteiger partial charge in [0.05, 0.1) is 23.2 Å². The first kappa shape index (κ1) is 16.6. The molecule has 4 rings (SSSR count). The van der Waals surface area contributed by atoms with Crippen LogP contribution in [0.25, 0.3) is 0 Å². The van der Waals surface area contributed by atoms with Crippen molar-refractivity contribution >= 4 is 28.9 Å². The molecule has 0 radical (unpaired) electrons. The highest BCUT2D eigenvalue weighted by Gasteiger charge is 2.34. The van der Waals surface area contributed by atoms with Gasteiger partial charge >= 0.3 is 0 Å². The van der Waals surface area contributed by atoms with Gasteiger partial charge < -0.3 is 14.8 Å². The van der Waals surface area contributed by atoms with E-state index in [0.717, 1.165) is 16.2 Å². The molecule has 0 saturated carbocycles. The first-order valence-electron chi connectivity index (χ1n) is 8.19. The molecule has 2 aromatic rings. The second kappa shape index (κ2) is 6.80. The number of carbonyl (C=O) groups excluding carboxylic acids is 2. The Morgan fingerprint density at radius 1 is 1.31 bits per heavy atom. The average Bonchev–Trinajstić information content (AvgIpc) is 3.38. The van der Waals surface area contributed by atoms with E-state index in [-0.39, 0.29) is 31.2 Å². The molecular formula is C18H17N3O4S. The predicted octanol–water partition coefficient (Wildman–Crippen LogP) is 2.29. The number of ether oxygens (including phenoxy) is 2. The van der Waals surface area contributed by atoms with Crippen molar-refractivity contribution in [1.29, 1.82) is 0 Å². The van der Waals surface area contributed by atoms with Gasteiger partial charge in [0.25, 0.3) is 5.91 Å². The first-order chi connectivity index (χ1) is 12.6. The number of carbonyl (C=O) groups is 2. The Morgan fingerprint density at radius 3 is 2.92 bits per heavy atom. The summed E-state index contributed by atoms with van der Waals surface area (Å²) in [6.45, 7) is 1.50. The van der Waals surface area contributed by atoms with Crippen LogP contribution < -0.4 is 14.8 Å². The molecule has 0 unspecified atom stereocenters. The molecule has 1 aromatic carbocycles. The van der Waals surface area contributed by atoms with Crippen LogP contribution in [0.3, 0.4) is 0 Å². The maximum absolute atomic E-state index is 12.6. The third-order valence-corrected chi connectivity index (χ3v) is 5.16. The smallest absolute Gasteiger partial charge is 0.262 e. The van der Waals surface area contributed by atoms with Crippen LogP contribution in [0, 0.1) is 0 Å². The van der Waals surface area contributed by atoms with Crippen LogP contribution in [0.2, 0.25) is 0 Å². The fraction of sp³-hybridized carbons (Fsp3) is 0.278. The van der Waals surface area contributed by atoms with Crippen LogP contribution in [0.4, 0.5) is 0 Å². The molecule has 0 saturated heterocycles. The summed E-state index contributed by atoms with van der Waals surface area (Å²) in [5.74, 6) is 0.859. The lowest BCUT2D eigenvalue weighted by atomic mass is 10.0. The summed E-state index contributed by atoms with van der Waals surface area (Å²) < 4.78 is 10.8. The Morgan fingerprint density at radius 2 is 2.15 bits per heavy atom. The van der Waals surface area contributed by atoms with Crippen molar-refractivity contribution in [1.82, 2.24) is 10.3 Å². The SMILES string of the molecule is CC(=O)NCC(=O)N1N=C(c2cccs2)C[C@H]1c1ccc2c(c1)OCO2. The topological polar surface area (TPSA) is 80.2 Å². The fourth-order valence-electron chi connectivity index (χ4n) is 2.99. The summed E-state index contributed by atoms with van der Waals surface area (Å²) in [7, 11) is 0. The lowest BCUT2D eigenvalue weighted by molar-refractivity contribution is -0.134. The number of hydrogen-bond acceptors (Lipinski definition) is 6. The number of rotatable bonds is 4. The summed E-state index contributed by atoms with van der Waals surface area (Å²) in [4.78, 5) is 24.8. The third kappa shape index (κ3) is 3.15. The number of fused-ring (bicyclic) bond motifs is 1. The van der Waals surface area contributed by atoms with Crippen molar-refractivity contribution in [2.75, 3.05) is 13.3 Å². The van der Waals surface area contributed by atoms with E-state index in [0.29, 0.717) is 17.9 Å². The van der Waals surface area contributed by atoms with Crippen molar-refractivity contribution in [2.45, 2.75) is 19.4 Å². The zero-order valence-electron chi connectivity index (χ0n) is 14.1. The quantitative estimate of drug-likeness (QED) is 0.894. The molecule has 2 aliphatic rings. The van der Waals surface area contributed by atoms with Crippen molar-refractivity contribution in [2.24, 2.45) is 5.10 Å². The van der Waals surface area contributed by atoms with E-state index in [2.05, 4.69) is 10.4 Å². The molecule has 134 valence electrons. The molecule has 2 amide bonds. The Kier molecular flexibility index (Phi) is 4.34. The lowest BCUT2D eigenvalue weighted by Gasteiger charge is -2.22. The minimum atomic E-state index is -0.255. The number of amides is 2. The highest BCUT2D eigenvalue weighted by atomic mass is 32.1. The van der Waals surface area contributed by atoms with Crippen LogP contribution in [-0.4, -0.2) is 35.9 Å². The Bertz CT molecular complexity index is 879. The van der Waals surface area contributed by atoms with Crippen molar-refractivity contribution in [3.05, 3.63) is 46.2 Å². The number of nitrogens with zero attached hydrogens (tertiary/aromatic N) is 2. The maximum atomic E-state index is 12.6. The normalized spacial score (nSPS) is 18.0. The molecule has 2 aliphatic heterocycles. The molecule has 7 nitrogen and oxygen atoms in total. The Hall–Kier alpha value is -2.87. The molecule has 0 spiro atoms. The van der Waals surface area contributed by atoms with Gasteiger partial charge in [-0.15, -0.1) is 11.3 Å². The third-order valence-electron chi connectivity index (χ3n) is 4.24. The molecule has 0 fully saturated rings. The summed E-state index contributed by atoms with van der Waals surface area (Å²) in [6, 6.07) is 9.35. The predicted molar refractivity (Wildman–Crippen MR) is 96.3 cm³/mol. The summed E-state index contributed by atoms with van der Waals surface area (Å²) in [5, 5.41) is 10.5. The Balaban J connectivity index is 1.63. The minimum Gasteiger partial charge on any atom is -0.454 e. The van der Waals surface area contributed by atoms with Crippen LogP contribution >= 0.6 is 11.3 Å². The standard InChI is InChI=1S/C18H17N3O4S/c1-11(22)19-9-18(23)21-14(8-13(20-21)17-3-2-6-26-17)12-4-5-15-16(7-12)25-10-24-15/h2-7,14H,8-10H2,1H3,(H,19,22)/t14-/m0/s1. The number of nitrogens with one attached hydrogen (secondary N) is 1. The van der Waals surface area contributed by atoms with Gasteiger partial charge in [-0.2, -0.15) is 5.10 Å². The molecule has 0 bridgehead atoms. The number of hydrogen-bond donors (Lipinski definition) is 1. The highest BCUT2D eigenvalue weighted by Crippen LogP contribution is 2.39. The highest BCUT2D eigenvalue weighted by molar-refractivity contribution is 7.12. The van der Waals surface area contributed by atoms with Crippen LogP contribution in [-0.2, 0) is 9.59 Å². The second-order valence-electron chi connectivity index (χ2n) is 6.00. The second-order valence-corrected chi connectivity index (χ2v) is 6.95. The maximum Gasteiger partial charge on any atom is 0.262 e. The summed E-state index contributed by atoms with van der Waals surface area (Å²) in [5.41, 5.74) is 1.78. The molecule has 8 heteroatoms. The van der Waals surface area contributed by atoms with Crippen LogP contribution in [0.15, 0.2) is 40.8 Å². The largest absolute Gasteiger partial charge is 0.454 e. The number of hydrazone groups is 1. The van der Waals surface area contributed by atoms with Gasteiger partial charge in [-0.1, -0.05) is 12.1 Å². The minimum absolute atomic E-state index is 0.0857. The fourth-order valence-corrected chi connectivity index (χ4v) is 3.71. The lowest BCUT2D eigenvalue weighted by Crippen LogP contribution is -2.37. The van der Waals surface area contributed by atoms with Gasteiger partial charge in [0.2, 0.25) is 12.7 Å². The average molecular weight is 371 g/mol. The van der Waals surface area contributed by atoms with Crippen LogP contribution in [0.1, 0.15) is 29.8 Å². The van der Waals surface area contributed by atoms with Crippen molar-refractivity contribution in [3.63, 3.8) is 0 Å². The molecule has 1 atom stereocenters. The number of benzene rings is 1. The number of thiophene rings is 1. The summed E-state index contributed by atoms with van der Waals surface area (Å²) in [6.07, 6.45) is 0.603. The van der Waals surface area contributed by atoms with Crippen LogP contribution in [0.5, 0.6) is 11.5 Å². The molecule has 0 aliphatic carbocycles. The summed E-state index contributed by atoms with van der Waals surface area (Å²) >= 11 is 1.59. The molecular weight excluding hydrogens is 354 g/mol. The van der Waals surface area contributed by atoms with Gasteiger partial charge in [0.15, 0.2) is 11.5 Å². The van der Waals surface area contributed by atoms with E-state index in [4.69, 9.17) is 9.47 Å². The van der Waals surface area contributed by atoms with Gasteiger partial charge in [0, 0.05) is 13.3 Å². The van der Waals surface area contributed by atoms with Gasteiger partial charge in [-0.05, 0) is 29.1 Å². The zero-order chi connectivity index (χ0) is 18.1. The van der Waals surface area contributed by atoms with E-state index in [1.165, 1.54) is 11.9 Å². The monoisotopic (exact) mass is 371 g/mol. The molecule has 1 aromatic heterocycles. The van der Waals surface area contributed by atoms with E-state index >= 15 is 0 Å². The zero-order valence-corrected chi connectivity index (χ0v) is 14.9. The molecule has 1 N–H and O–H groups in total.